The van der Waals surface area contributed by atoms with Gasteiger partial charge in [0, 0.05) is 13.0 Å². The molecule has 2 N–H and O–H groups in total. The number of anilines is 1. The maximum Gasteiger partial charge on any atom is 0.416 e. The number of alkyl halides is 3. The van der Waals surface area contributed by atoms with Crippen LogP contribution >= 0.6 is 36.2 Å². The Labute approximate surface area is 191 Å². The molecule has 3 heterocycles. The number of thiazole rings is 1. The average Bonchev–Trinajstić information content (AvgIpc) is 3.40. The smallest absolute Gasteiger partial charge is 0.365 e. The summed E-state index contributed by atoms with van der Waals surface area (Å²) in [4.78, 5) is 22.0. The highest BCUT2D eigenvalue weighted by atomic mass is 32.1. The Morgan fingerprint density at radius 2 is 2.19 bits per heavy atom. The van der Waals surface area contributed by atoms with Crippen molar-refractivity contribution in [3.05, 3.63) is 22.5 Å². The highest BCUT2D eigenvalue weighted by Gasteiger charge is 2.44. The molecule has 1 amide bonds. The molecule has 2 aromatic heterocycles. The number of aromatic amines is 1. The number of hydrogen-bond acceptors (Lipinski definition) is 7. The summed E-state index contributed by atoms with van der Waals surface area (Å²) in [6.45, 7) is 0.137. The number of ether oxygens (including phenoxy) is 1. The summed E-state index contributed by atoms with van der Waals surface area (Å²) in [5.74, 6) is 0.407. The Morgan fingerprint density at radius 1 is 1.42 bits per heavy atom. The Balaban J connectivity index is 1.61. The molecule has 6 nitrogen and oxygen atoms in total. The van der Waals surface area contributed by atoms with E-state index in [9.17, 15) is 18.0 Å². The molecule has 0 bridgehead atoms. The minimum Gasteiger partial charge on any atom is -0.365 e. The van der Waals surface area contributed by atoms with Crippen LogP contribution in [0.25, 0.3) is 10.4 Å². The number of aromatic nitrogens is 2. The second-order valence-corrected chi connectivity index (χ2v) is 9.56. The Hall–Kier alpha value is -1.63. The minimum atomic E-state index is -4.44. The zero-order valence-corrected chi connectivity index (χ0v) is 18.9. The van der Waals surface area contributed by atoms with E-state index in [0.717, 1.165) is 23.3 Å². The first-order valence-electron chi connectivity index (χ1n) is 9.82. The van der Waals surface area contributed by atoms with Crippen LogP contribution in [-0.2, 0) is 16.1 Å². The number of hydrogen-bond donors (Lipinski definition) is 3. The van der Waals surface area contributed by atoms with Crippen LogP contribution < -0.4 is 10.2 Å². The lowest BCUT2D eigenvalue weighted by Crippen LogP contribution is -2.49. The molecule has 2 aromatic rings. The molecule has 2 aliphatic rings. The van der Waals surface area contributed by atoms with Gasteiger partial charge in [-0.15, -0.1) is 12.6 Å². The van der Waals surface area contributed by atoms with Crippen molar-refractivity contribution >= 4 is 47.2 Å². The van der Waals surface area contributed by atoms with Gasteiger partial charge in [0.25, 0.3) is 0 Å². The van der Waals surface area contributed by atoms with E-state index in [4.69, 9.17) is 17.0 Å². The first kappa shape index (κ1) is 22.6. The molecule has 0 radical (unpaired) electrons. The van der Waals surface area contributed by atoms with Gasteiger partial charge in [-0.1, -0.05) is 23.6 Å². The second-order valence-electron chi connectivity index (χ2n) is 7.66. The van der Waals surface area contributed by atoms with Gasteiger partial charge in [-0.2, -0.15) is 13.2 Å². The van der Waals surface area contributed by atoms with Crippen LogP contribution in [-0.4, -0.2) is 47.9 Å². The molecule has 12 heteroatoms. The van der Waals surface area contributed by atoms with Gasteiger partial charge in [0.15, 0.2) is 11.2 Å². The molecule has 0 spiro atoms. The highest BCUT2D eigenvalue weighted by Crippen LogP contribution is 2.37. The summed E-state index contributed by atoms with van der Waals surface area (Å²) < 4.78 is 44.8. The number of nitrogens with zero attached hydrogens (tertiary/aromatic N) is 2. The maximum absolute atomic E-state index is 13.1. The molecule has 1 aliphatic heterocycles. The number of carbonyl (C=O) groups is 1. The lowest BCUT2D eigenvalue weighted by molar-refractivity contribution is -0.221. The molecule has 4 rings (SSSR count). The van der Waals surface area contributed by atoms with Crippen LogP contribution in [0.3, 0.4) is 0 Å². The van der Waals surface area contributed by atoms with E-state index >= 15 is 0 Å². The van der Waals surface area contributed by atoms with Gasteiger partial charge in [-0.3, -0.25) is 4.79 Å². The number of halogens is 3. The summed E-state index contributed by atoms with van der Waals surface area (Å²) in [5.41, 5.74) is 1.34. The summed E-state index contributed by atoms with van der Waals surface area (Å²) >= 11 is 10.8. The number of amides is 1. The number of nitrogens with one attached hydrogen (secondary N) is 2. The van der Waals surface area contributed by atoms with Crippen LogP contribution in [0.2, 0.25) is 0 Å². The zero-order chi connectivity index (χ0) is 22.2. The van der Waals surface area contributed by atoms with Gasteiger partial charge >= 0.3 is 6.18 Å². The molecule has 1 saturated heterocycles. The highest BCUT2D eigenvalue weighted by molar-refractivity contribution is 7.80. The molecule has 1 saturated carbocycles. The largest absolute Gasteiger partial charge is 0.416 e. The summed E-state index contributed by atoms with van der Waals surface area (Å²) in [6, 6.07) is 3.53. The topological polar surface area (TPSA) is 70.2 Å². The first-order valence-corrected chi connectivity index (χ1v) is 11.5. The molecule has 1 aliphatic carbocycles. The zero-order valence-electron chi connectivity index (χ0n) is 16.4. The SMILES string of the molecule is O=C(CC1CC1)NCc1nc(N2CCO[C@@H](C(F)(F)F)C2)sc1-c1cc(S)[nH]c(=S)c1. The normalized spacial score (nSPS) is 19.5. The Kier molecular flexibility index (Phi) is 6.61. The fourth-order valence-electron chi connectivity index (χ4n) is 3.34. The molecule has 0 aromatic carbocycles. The number of H-pyrrole nitrogens is 1. The van der Waals surface area contributed by atoms with Crippen molar-refractivity contribution in [2.75, 3.05) is 24.6 Å². The monoisotopic (exact) mass is 490 g/mol. The summed E-state index contributed by atoms with van der Waals surface area (Å²) in [6.07, 6.45) is -3.66. The predicted molar refractivity (Wildman–Crippen MR) is 117 cm³/mol. The molecule has 2 fully saturated rings. The van der Waals surface area contributed by atoms with Crippen molar-refractivity contribution in [1.82, 2.24) is 15.3 Å². The number of rotatable bonds is 6. The molecule has 168 valence electrons. The molecular formula is C19H21F3N4O2S3. The fraction of sp³-hybridized carbons (Fsp3) is 0.526. The van der Waals surface area contributed by atoms with Crippen molar-refractivity contribution in [3.63, 3.8) is 0 Å². The van der Waals surface area contributed by atoms with Gasteiger partial charge < -0.3 is 19.9 Å². The van der Waals surface area contributed by atoms with Crippen LogP contribution in [0.4, 0.5) is 18.3 Å². The summed E-state index contributed by atoms with van der Waals surface area (Å²) in [7, 11) is 0. The van der Waals surface area contributed by atoms with E-state index < -0.39 is 12.3 Å². The molecule has 31 heavy (non-hydrogen) atoms. The first-order chi connectivity index (χ1) is 14.7. The van der Waals surface area contributed by atoms with Gasteiger partial charge in [0.2, 0.25) is 5.91 Å². The molecular weight excluding hydrogens is 469 g/mol. The third kappa shape index (κ3) is 5.79. The number of thiol groups is 1. The van der Waals surface area contributed by atoms with Crippen molar-refractivity contribution in [2.24, 2.45) is 5.92 Å². The standard InChI is InChI=1S/C19H21F3N4O2S3/c20-19(21,22)13-9-26(3-4-28-13)18-24-12(8-23-14(27)5-10-1-2-10)17(31-18)11-6-15(29)25-16(30)7-11/h6-7,10,13H,1-5,8-9H2,(H,23,27)(H2,25,29,30)/t13-/m1/s1. The lowest BCUT2D eigenvalue weighted by atomic mass is 10.2. The quantitative estimate of drug-likeness (QED) is 0.415. The third-order valence-corrected chi connectivity index (χ3v) is 6.77. The summed E-state index contributed by atoms with van der Waals surface area (Å²) in [5, 5.41) is 3.90. The fourth-order valence-corrected chi connectivity index (χ4v) is 5.02. The van der Waals surface area contributed by atoms with Crippen molar-refractivity contribution in [2.45, 2.75) is 43.1 Å². The van der Waals surface area contributed by atoms with Crippen LogP contribution in [0.5, 0.6) is 0 Å². The molecule has 1 atom stereocenters. The van der Waals surface area contributed by atoms with Crippen LogP contribution in [0.15, 0.2) is 17.2 Å². The van der Waals surface area contributed by atoms with E-state index in [1.54, 1.807) is 17.0 Å². The van der Waals surface area contributed by atoms with Gasteiger partial charge in [-0.25, -0.2) is 4.98 Å². The van der Waals surface area contributed by atoms with E-state index in [2.05, 4.69) is 27.9 Å². The predicted octanol–water partition coefficient (Wildman–Crippen LogP) is 4.34. The van der Waals surface area contributed by atoms with Crippen molar-refractivity contribution < 1.29 is 22.7 Å². The van der Waals surface area contributed by atoms with Gasteiger partial charge in [-0.05, 0) is 36.5 Å². The van der Waals surface area contributed by atoms with Crippen molar-refractivity contribution in [1.29, 1.82) is 0 Å². The van der Waals surface area contributed by atoms with E-state index in [1.165, 1.54) is 11.3 Å². The number of morpholine rings is 1. The van der Waals surface area contributed by atoms with E-state index in [-0.39, 0.29) is 25.6 Å². The van der Waals surface area contributed by atoms with Crippen LogP contribution in [0.1, 0.15) is 25.0 Å². The lowest BCUT2D eigenvalue weighted by Gasteiger charge is -2.33. The minimum absolute atomic E-state index is 0.0378. The van der Waals surface area contributed by atoms with Crippen molar-refractivity contribution in [3.8, 4) is 10.4 Å². The molecule has 0 unspecified atom stereocenters. The Morgan fingerprint density at radius 3 is 2.87 bits per heavy atom. The maximum atomic E-state index is 13.1. The second kappa shape index (κ2) is 9.08. The van der Waals surface area contributed by atoms with Crippen LogP contribution in [0, 0.1) is 10.6 Å². The van der Waals surface area contributed by atoms with E-state index in [1.807, 2.05) is 0 Å². The number of carbonyl (C=O) groups excluding carboxylic acids is 1. The van der Waals surface area contributed by atoms with E-state index in [0.29, 0.717) is 39.4 Å². The average molecular weight is 491 g/mol. The number of pyridine rings is 1. The van der Waals surface area contributed by atoms with Gasteiger partial charge in [0.1, 0.15) is 4.64 Å². The third-order valence-electron chi connectivity index (χ3n) is 5.10. The Bertz CT molecular complexity index is 1020. The van der Waals surface area contributed by atoms with Gasteiger partial charge in [0.05, 0.1) is 35.3 Å².